The molecule has 1 heterocycles. The lowest BCUT2D eigenvalue weighted by Crippen LogP contribution is -2.23. The average molecular weight is 796 g/mol. The zero-order chi connectivity index (χ0) is 39.3. The molecule has 0 fully saturated rings. The quantitative estimate of drug-likeness (QED) is 0.151. The molecule has 0 saturated heterocycles. The zero-order valence-corrected chi connectivity index (χ0v) is 34.3. The number of rotatable bonds is 7. The molecular formula is C54H39NO2P2. The lowest BCUT2D eigenvalue weighted by atomic mass is 9.92. The van der Waals surface area contributed by atoms with Crippen molar-refractivity contribution in [2.75, 3.05) is 11.2 Å². The van der Waals surface area contributed by atoms with Crippen molar-refractivity contribution in [3.05, 3.63) is 206 Å². The summed E-state index contributed by atoms with van der Waals surface area (Å²) in [4.78, 5) is 0. The van der Waals surface area contributed by atoms with Crippen LogP contribution in [-0.4, -0.2) is 6.54 Å². The van der Waals surface area contributed by atoms with Gasteiger partial charge in [-0.05, 0) is 92.0 Å². The molecule has 5 heteroatoms. The molecule has 0 saturated carbocycles. The smallest absolute Gasteiger partial charge is 0.341 e. The number of hydrogen-bond acceptors (Lipinski definition) is 3. The Bertz CT molecular complexity index is 3260. The summed E-state index contributed by atoms with van der Waals surface area (Å²) >= 11 is 0. The maximum Gasteiger partial charge on any atom is 0.341 e. The van der Waals surface area contributed by atoms with Gasteiger partial charge in [-0.1, -0.05) is 188 Å². The van der Waals surface area contributed by atoms with Gasteiger partial charge in [-0.3, -0.25) is 4.67 Å². The first-order chi connectivity index (χ1) is 29.2. The van der Waals surface area contributed by atoms with Crippen LogP contribution in [0.5, 0.6) is 0 Å². The van der Waals surface area contributed by atoms with Gasteiger partial charge in [0.05, 0.1) is 5.69 Å². The van der Waals surface area contributed by atoms with Gasteiger partial charge in [-0.15, -0.1) is 0 Å². The molecule has 11 rings (SSSR count). The van der Waals surface area contributed by atoms with Crippen LogP contribution in [0, 0.1) is 0 Å². The minimum absolute atomic E-state index is 0.662. The second-order valence-electron chi connectivity index (χ2n) is 14.8. The molecule has 59 heavy (non-hydrogen) atoms. The fourth-order valence-corrected chi connectivity index (χ4v) is 12.8. The predicted molar refractivity (Wildman–Crippen MR) is 255 cm³/mol. The molecule has 0 atom stereocenters. The van der Waals surface area contributed by atoms with E-state index in [1.165, 1.54) is 59.4 Å². The maximum absolute atomic E-state index is 7.28. The lowest BCUT2D eigenvalue weighted by Gasteiger charge is -2.28. The first-order valence-corrected chi connectivity index (χ1v) is 22.6. The first-order valence-electron chi connectivity index (χ1n) is 20.2. The van der Waals surface area contributed by atoms with Crippen LogP contribution in [0.15, 0.2) is 215 Å². The molecule has 0 bridgehead atoms. The Hall–Kier alpha value is -6.63. The van der Waals surface area contributed by atoms with Crippen LogP contribution < -0.4 is 20.6 Å². The Morgan fingerprint density at radius 2 is 0.814 bits per heavy atom. The zero-order valence-electron chi connectivity index (χ0n) is 32.5. The average Bonchev–Trinajstić information content (AvgIpc) is 3.47. The van der Waals surface area contributed by atoms with Crippen LogP contribution in [0.4, 0.5) is 5.69 Å². The van der Waals surface area contributed by atoms with Gasteiger partial charge in [0, 0.05) is 28.4 Å². The minimum atomic E-state index is -1.70. The minimum Gasteiger partial charge on any atom is -0.404 e. The van der Waals surface area contributed by atoms with E-state index in [-0.39, 0.29) is 0 Å². The van der Waals surface area contributed by atoms with Gasteiger partial charge < -0.3 is 8.39 Å². The van der Waals surface area contributed by atoms with E-state index in [0.717, 1.165) is 38.4 Å². The Balaban J connectivity index is 1.26. The van der Waals surface area contributed by atoms with E-state index in [4.69, 9.17) is 8.39 Å². The van der Waals surface area contributed by atoms with E-state index >= 15 is 0 Å². The van der Waals surface area contributed by atoms with Crippen molar-refractivity contribution in [2.24, 2.45) is 0 Å². The molecular weight excluding hydrogens is 757 g/mol. The summed E-state index contributed by atoms with van der Waals surface area (Å²) < 4.78 is 16.9. The summed E-state index contributed by atoms with van der Waals surface area (Å²) in [6, 6.07) is 74.8. The Morgan fingerprint density at radius 3 is 1.32 bits per heavy atom. The monoisotopic (exact) mass is 795 g/mol. The van der Waals surface area contributed by atoms with Crippen molar-refractivity contribution in [3.8, 4) is 11.1 Å². The van der Waals surface area contributed by atoms with E-state index in [1.807, 2.05) is 0 Å². The number of benzene rings is 10. The Labute approximate surface area is 345 Å². The summed E-state index contributed by atoms with van der Waals surface area (Å²) in [5.74, 6) is 0. The largest absolute Gasteiger partial charge is 0.404 e. The van der Waals surface area contributed by atoms with Crippen molar-refractivity contribution in [3.63, 3.8) is 0 Å². The van der Waals surface area contributed by atoms with Crippen LogP contribution in [0.2, 0.25) is 0 Å². The highest BCUT2D eigenvalue weighted by Crippen LogP contribution is 2.50. The molecule has 10 aromatic carbocycles. The van der Waals surface area contributed by atoms with Gasteiger partial charge in [0.25, 0.3) is 0 Å². The fraction of sp³-hybridized carbons (Fsp3) is 0.0370. The van der Waals surface area contributed by atoms with E-state index in [2.05, 4.69) is 218 Å². The van der Waals surface area contributed by atoms with Crippen molar-refractivity contribution in [1.82, 2.24) is 0 Å². The van der Waals surface area contributed by atoms with Crippen molar-refractivity contribution >= 4 is 103 Å². The standard InChI is InChI=1S/C54H39NO2P2/c1-2-55(59-56-48-34-30-38-18-10-14-26-44(38)52(48)53-45-27-15-11-19-39(45)31-35-49(53)57-59)47-33-29-37-17-9-13-25-43(37)51(47)54-46-28-16-12-20-40(46)32-36-50(54)58(41-21-5-3-6-22-41)42-23-7-4-8-24-42/h3-36H,2H2,1H3. The summed E-state index contributed by atoms with van der Waals surface area (Å²) in [5, 5.41) is 15.5. The summed E-state index contributed by atoms with van der Waals surface area (Å²) in [5.41, 5.74) is 5.17. The molecule has 0 aliphatic rings. The number of nitrogens with zero attached hydrogens (tertiary/aromatic N) is 1. The van der Waals surface area contributed by atoms with E-state index in [1.54, 1.807) is 0 Å². The Morgan fingerprint density at radius 1 is 0.407 bits per heavy atom. The second kappa shape index (κ2) is 14.9. The van der Waals surface area contributed by atoms with Crippen LogP contribution in [0.25, 0.3) is 76.2 Å². The second-order valence-corrected chi connectivity index (χ2v) is 18.3. The van der Waals surface area contributed by atoms with Crippen molar-refractivity contribution in [1.29, 1.82) is 0 Å². The highest BCUT2D eigenvalue weighted by atomic mass is 31.1. The molecule has 3 nitrogen and oxygen atoms in total. The summed E-state index contributed by atoms with van der Waals surface area (Å²) in [6.45, 7) is 2.88. The normalized spacial score (nSPS) is 11.7. The third-order valence-electron chi connectivity index (χ3n) is 11.5. The maximum atomic E-state index is 7.28. The van der Waals surface area contributed by atoms with Gasteiger partial charge in [-0.2, -0.15) is 0 Å². The molecule has 0 N–H and O–H groups in total. The van der Waals surface area contributed by atoms with Crippen molar-refractivity contribution in [2.45, 2.75) is 6.92 Å². The molecule has 0 aliphatic heterocycles. The van der Waals surface area contributed by atoms with Crippen LogP contribution in [0.1, 0.15) is 6.92 Å². The number of anilines is 1. The molecule has 0 amide bonds. The van der Waals surface area contributed by atoms with Gasteiger partial charge >= 0.3 is 8.16 Å². The SMILES string of the molecule is CCN(c1ccc2ccccc2c1-c1c(P(c2ccccc2)c2ccccc2)ccc2ccccc12)p1oc2ccc3ccccc3c2c2c(ccc3ccccc32)o1. The van der Waals surface area contributed by atoms with E-state index in [0.29, 0.717) is 6.54 Å². The van der Waals surface area contributed by atoms with Crippen LogP contribution in [-0.2, 0) is 0 Å². The first kappa shape index (κ1) is 35.5. The molecule has 0 spiro atoms. The molecule has 0 radical (unpaired) electrons. The molecule has 0 unspecified atom stereocenters. The summed E-state index contributed by atoms with van der Waals surface area (Å²) in [7, 11) is -2.65. The van der Waals surface area contributed by atoms with E-state index < -0.39 is 16.1 Å². The molecule has 1 aromatic heterocycles. The third kappa shape index (κ3) is 6.09. The lowest BCUT2D eigenvalue weighted by molar-refractivity contribution is 0.634. The fourth-order valence-electron chi connectivity index (χ4n) is 8.86. The van der Waals surface area contributed by atoms with Gasteiger partial charge in [0.15, 0.2) is 0 Å². The van der Waals surface area contributed by atoms with Gasteiger partial charge in [0.2, 0.25) is 0 Å². The highest BCUT2D eigenvalue weighted by Gasteiger charge is 2.27. The van der Waals surface area contributed by atoms with E-state index in [9.17, 15) is 0 Å². The number of hydrogen-bond donors (Lipinski definition) is 0. The van der Waals surface area contributed by atoms with Crippen molar-refractivity contribution < 1.29 is 8.39 Å². The molecule has 0 aliphatic carbocycles. The van der Waals surface area contributed by atoms with Crippen LogP contribution in [0.3, 0.4) is 0 Å². The third-order valence-corrected chi connectivity index (χ3v) is 15.6. The number of fused-ring (bicyclic) bond motifs is 9. The van der Waals surface area contributed by atoms with Crippen LogP contribution >= 0.6 is 16.1 Å². The van der Waals surface area contributed by atoms with Gasteiger partial charge in [0.1, 0.15) is 11.2 Å². The highest BCUT2D eigenvalue weighted by molar-refractivity contribution is 7.80. The van der Waals surface area contributed by atoms with Gasteiger partial charge in [-0.25, -0.2) is 0 Å². The topological polar surface area (TPSA) is 29.5 Å². The predicted octanol–water partition coefficient (Wildman–Crippen LogP) is 14.6. The summed E-state index contributed by atoms with van der Waals surface area (Å²) in [6.07, 6.45) is 0. The Kier molecular flexibility index (Phi) is 9.00. The molecule has 282 valence electrons. The molecule has 11 aromatic rings.